The van der Waals surface area contributed by atoms with Crippen LogP contribution in [0.2, 0.25) is 0 Å². The average Bonchev–Trinajstić information content (AvgIpc) is 3.16. The van der Waals surface area contributed by atoms with Crippen LogP contribution in [0.1, 0.15) is 26.3 Å². The number of nitrogens with zero attached hydrogens (tertiary/aromatic N) is 2. The minimum absolute atomic E-state index is 0.164. The molecule has 0 unspecified atom stereocenters. The van der Waals surface area contributed by atoms with Crippen LogP contribution in [0, 0.1) is 0 Å². The topological polar surface area (TPSA) is 111 Å². The fourth-order valence-electron chi connectivity index (χ4n) is 3.10. The van der Waals surface area contributed by atoms with Gasteiger partial charge in [-0.1, -0.05) is 0 Å². The lowest BCUT2D eigenvalue weighted by Crippen LogP contribution is -2.12. The highest BCUT2D eigenvalue weighted by molar-refractivity contribution is 6.16. The molecule has 0 fully saturated rings. The molecule has 1 aromatic carbocycles. The van der Waals surface area contributed by atoms with Crippen molar-refractivity contribution in [2.75, 3.05) is 7.11 Å². The predicted molar refractivity (Wildman–Crippen MR) is 104 cm³/mol. The van der Waals surface area contributed by atoms with Crippen molar-refractivity contribution < 1.29 is 14.3 Å². The maximum atomic E-state index is 12.8. The number of ether oxygens (including phenoxy) is 1. The van der Waals surface area contributed by atoms with Gasteiger partial charge in [0.15, 0.2) is 5.78 Å². The number of carbonyl (C=O) groups is 2. The summed E-state index contributed by atoms with van der Waals surface area (Å²) in [5.74, 6) is -0.210. The summed E-state index contributed by atoms with van der Waals surface area (Å²) in [6.07, 6.45) is 6.39. The summed E-state index contributed by atoms with van der Waals surface area (Å²) in [5.41, 5.74) is 8.68. The number of primary amides is 1. The Morgan fingerprint density at radius 2 is 1.96 bits per heavy atom. The number of ketones is 1. The lowest BCUT2D eigenvalue weighted by molar-refractivity contribution is 0.0998. The number of amides is 1. The van der Waals surface area contributed by atoms with Gasteiger partial charge in [0.25, 0.3) is 0 Å². The maximum absolute atomic E-state index is 12.8. The molecule has 4 rings (SSSR count). The maximum Gasteiger partial charge on any atom is 0.249 e. The van der Waals surface area contributed by atoms with Crippen molar-refractivity contribution in [3.8, 4) is 16.9 Å². The summed E-state index contributed by atoms with van der Waals surface area (Å²) < 4.78 is 5.17. The molecule has 1 amide bonds. The van der Waals surface area contributed by atoms with E-state index in [1.807, 2.05) is 6.07 Å². The molecule has 0 radical (unpaired) electrons. The van der Waals surface area contributed by atoms with Crippen LogP contribution in [0.3, 0.4) is 0 Å². The average molecular weight is 372 g/mol. The smallest absolute Gasteiger partial charge is 0.249 e. The minimum atomic E-state index is -0.574. The van der Waals surface area contributed by atoms with E-state index in [4.69, 9.17) is 10.5 Å². The molecular formula is C21H16N4O3. The van der Waals surface area contributed by atoms with Gasteiger partial charge in [0, 0.05) is 46.9 Å². The Balaban J connectivity index is 1.85. The first-order chi connectivity index (χ1) is 13.6. The van der Waals surface area contributed by atoms with Crippen LogP contribution in [-0.4, -0.2) is 33.8 Å². The SMILES string of the molecule is COc1ccc(-c2cnc3[nH]cc(C(=O)c4cccnc4)c3c2)c(C(N)=O)c1. The molecule has 3 aromatic heterocycles. The number of aromatic nitrogens is 3. The number of hydrogen-bond acceptors (Lipinski definition) is 5. The quantitative estimate of drug-likeness (QED) is 0.523. The molecule has 0 saturated carbocycles. The highest BCUT2D eigenvalue weighted by Gasteiger charge is 2.17. The van der Waals surface area contributed by atoms with Gasteiger partial charge in [-0.2, -0.15) is 0 Å². The largest absolute Gasteiger partial charge is 0.497 e. The Hall–Kier alpha value is -4.00. The first kappa shape index (κ1) is 17.4. The zero-order valence-electron chi connectivity index (χ0n) is 15.0. The Bertz CT molecular complexity index is 1200. The van der Waals surface area contributed by atoms with E-state index >= 15 is 0 Å². The minimum Gasteiger partial charge on any atom is -0.497 e. The molecule has 3 heterocycles. The highest BCUT2D eigenvalue weighted by atomic mass is 16.5. The van der Waals surface area contributed by atoms with Crippen LogP contribution in [-0.2, 0) is 0 Å². The number of hydrogen-bond donors (Lipinski definition) is 2. The summed E-state index contributed by atoms with van der Waals surface area (Å²) in [6, 6.07) is 10.3. The third kappa shape index (κ3) is 2.99. The standard InChI is InChI=1S/C21H16N4O3/c1-28-14-4-5-15(16(8-14)20(22)27)13-7-17-18(11-25-21(17)24-10-13)19(26)12-3-2-6-23-9-12/h2-11H,1H3,(H2,22,27)(H,24,25). The summed E-state index contributed by atoms with van der Waals surface area (Å²) in [7, 11) is 1.52. The van der Waals surface area contributed by atoms with Crippen molar-refractivity contribution in [1.82, 2.24) is 15.0 Å². The van der Waals surface area contributed by atoms with Crippen LogP contribution < -0.4 is 10.5 Å². The van der Waals surface area contributed by atoms with Crippen molar-refractivity contribution in [3.05, 3.63) is 77.9 Å². The molecule has 4 aromatic rings. The Labute approximate surface area is 160 Å². The monoisotopic (exact) mass is 372 g/mol. The van der Waals surface area contributed by atoms with E-state index in [-0.39, 0.29) is 5.78 Å². The number of rotatable bonds is 5. The van der Waals surface area contributed by atoms with Crippen molar-refractivity contribution in [2.24, 2.45) is 5.73 Å². The van der Waals surface area contributed by atoms with E-state index in [0.717, 1.165) is 0 Å². The molecule has 138 valence electrons. The van der Waals surface area contributed by atoms with Crippen molar-refractivity contribution in [2.45, 2.75) is 0 Å². The molecule has 0 spiro atoms. The van der Waals surface area contributed by atoms with Crippen LogP contribution in [0.15, 0.2) is 61.2 Å². The number of methoxy groups -OCH3 is 1. The molecule has 28 heavy (non-hydrogen) atoms. The van der Waals surface area contributed by atoms with E-state index in [1.54, 1.807) is 48.9 Å². The first-order valence-corrected chi connectivity index (χ1v) is 8.48. The summed E-state index contributed by atoms with van der Waals surface area (Å²) in [5, 5.41) is 0.651. The Morgan fingerprint density at radius 3 is 2.68 bits per heavy atom. The number of H-pyrrole nitrogens is 1. The zero-order valence-corrected chi connectivity index (χ0v) is 15.0. The van der Waals surface area contributed by atoms with Gasteiger partial charge in [-0.3, -0.25) is 14.6 Å². The fourth-order valence-corrected chi connectivity index (χ4v) is 3.10. The predicted octanol–water partition coefficient (Wildman–Crippen LogP) is 2.96. The molecule has 0 atom stereocenters. The van der Waals surface area contributed by atoms with Crippen LogP contribution in [0.25, 0.3) is 22.2 Å². The number of nitrogens with two attached hydrogens (primary N) is 1. The van der Waals surface area contributed by atoms with Crippen LogP contribution >= 0.6 is 0 Å². The van der Waals surface area contributed by atoms with E-state index in [0.29, 0.717) is 44.6 Å². The molecular weight excluding hydrogens is 356 g/mol. The normalized spacial score (nSPS) is 10.8. The van der Waals surface area contributed by atoms with E-state index < -0.39 is 5.91 Å². The van der Waals surface area contributed by atoms with Crippen LogP contribution in [0.4, 0.5) is 0 Å². The van der Waals surface area contributed by atoms with Crippen molar-refractivity contribution in [1.29, 1.82) is 0 Å². The second kappa shape index (κ2) is 6.96. The number of carbonyl (C=O) groups excluding carboxylic acids is 2. The molecule has 0 aliphatic rings. The van der Waals surface area contributed by atoms with Gasteiger partial charge in [-0.05, 0) is 42.0 Å². The van der Waals surface area contributed by atoms with Crippen molar-refractivity contribution >= 4 is 22.7 Å². The summed E-state index contributed by atoms with van der Waals surface area (Å²) in [4.78, 5) is 36.2. The zero-order chi connectivity index (χ0) is 19.7. The molecule has 0 bridgehead atoms. The Kier molecular flexibility index (Phi) is 4.33. The number of aromatic amines is 1. The first-order valence-electron chi connectivity index (χ1n) is 8.48. The van der Waals surface area contributed by atoms with E-state index in [9.17, 15) is 9.59 Å². The lowest BCUT2D eigenvalue weighted by Gasteiger charge is -2.09. The third-order valence-corrected chi connectivity index (χ3v) is 4.50. The molecule has 3 N–H and O–H groups in total. The second-order valence-electron chi connectivity index (χ2n) is 6.17. The van der Waals surface area contributed by atoms with Gasteiger partial charge in [0.2, 0.25) is 5.91 Å². The number of benzene rings is 1. The molecule has 7 heteroatoms. The molecule has 0 aliphatic carbocycles. The number of nitrogens with one attached hydrogen (secondary N) is 1. The second-order valence-corrected chi connectivity index (χ2v) is 6.17. The lowest BCUT2D eigenvalue weighted by atomic mass is 9.98. The van der Waals surface area contributed by atoms with Crippen LogP contribution in [0.5, 0.6) is 5.75 Å². The fraction of sp³-hybridized carbons (Fsp3) is 0.0476. The summed E-state index contributed by atoms with van der Waals surface area (Å²) >= 11 is 0. The Morgan fingerprint density at radius 1 is 1.11 bits per heavy atom. The van der Waals surface area contributed by atoms with Gasteiger partial charge in [-0.15, -0.1) is 0 Å². The number of pyridine rings is 2. The molecule has 0 aliphatic heterocycles. The summed E-state index contributed by atoms with van der Waals surface area (Å²) in [6.45, 7) is 0. The number of fused-ring (bicyclic) bond motifs is 1. The third-order valence-electron chi connectivity index (χ3n) is 4.50. The highest BCUT2D eigenvalue weighted by Crippen LogP contribution is 2.30. The van der Waals surface area contributed by atoms with Crippen molar-refractivity contribution in [3.63, 3.8) is 0 Å². The van der Waals surface area contributed by atoms with E-state index in [2.05, 4.69) is 15.0 Å². The molecule has 7 nitrogen and oxygen atoms in total. The van der Waals surface area contributed by atoms with Gasteiger partial charge in [-0.25, -0.2) is 4.98 Å². The van der Waals surface area contributed by atoms with E-state index in [1.165, 1.54) is 13.3 Å². The van der Waals surface area contributed by atoms with Gasteiger partial charge in [0.05, 0.1) is 12.7 Å². The van der Waals surface area contributed by atoms with Gasteiger partial charge >= 0.3 is 0 Å². The van der Waals surface area contributed by atoms with Gasteiger partial charge in [0.1, 0.15) is 11.4 Å². The molecule has 0 saturated heterocycles. The van der Waals surface area contributed by atoms with Gasteiger partial charge < -0.3 is 15.5 Å².